The molecule has 0 aliphatic heterocycles. The van der Waals surface area contributed by atoms with Crippen LogP contribution < -0.4 is 5.32 Å². The summed E-state index contributed by atoms with van der Waals surface area (Å²) < 4.78 is 31.2. The van der Waals surface area contributed by atoms with Crippen LogP contribution in [0.15, 0.2) is 18.2 Å². The number of halogens is 2. The monoisotopic (exact) mass is 313 g/mol. The molecule has 22 heavy (non-hydrogen) atoms. The van der Waals surface area contributed by atoms with Crippen LogP contribution in [-0.4, -0.2) is 29.8 Å². The molecule has 1 saturated carbocycles. The number of rotatable bonds is 6. The van der Waals surface area contributed by atoms with Gasteiger partial charge in [0.05, 0.1) is 12.7 Å². The van der Waals surface area contributed by atoms with E-state index in [1.807, 2.05) is 0 Å². The summed E-state index contributed by atoms with van der Waals surface area (Å²) in [7, 11) is 0. The number of hydrogen-bond donors (Lipinski definition) is 2. The van der Waals surface area contributed by atoms with Gasteiger partial charge in [0.1, 0.15) is 5.54 Å². The lowest BCUT2D eigenvalue weighted by Gasteiger charge is -2.29. The molecule has 0 spiro atoms. The largest absolute Gasteiger partial charge is 0.465 e. The number of aliphatic hydroxyl groups is 1. The van der Waals surface area contributed by atoms with Gasteiger partial charge in [-0.2, -0.15) is 0 Å². The quantitative estimate of drug-likeness (QED) is 0.792. The number of benzene rings is 1. The molecule has 2 N–H and O–H groups in total. The lowest BCUT2D eigenvalue weighted by Crippen LogP contribution is -2.52. The van der Waals surface area contributed by atoms with Gasteiger partial charge in [-0.15, -0.1) is 0 Å². The van der Waals surface area contributed by atoms with Crippen molar-refractivity contribution in [1.29, 1.82) is 0 Å². The average molecular weight is 313 g/mol. The number of nitrogens with one attached hydrogen (secondary N) is 1. The van der Waals surface area contributed by atoms with Gasteiger partial charge in [0, 0.05) is 6.54 Å². The molecule has 1 unspecified atom stereocenters. The van der Waals surface area contributed by atoms with E-state index in [1.54, 1.807) is 6.92 Å². The summed E-state index contributed by atoms with van der Waals surface area (Å²) >= 11 is 0. The summed E-state index contributed by atoms with van der Waals surface area (Å²) in [6, 6.07) is 3.27. The van der Waals surface area contributed by atoms with Crippen LogP contribution in [0.25, 0.3) is 0 Å². The number of esters is 1. The third kappa shape index (κ3) is 3.62. The van der Waals surface area contributed by atoms with Crippen LogP contribution in [0.2, 0.25) is 0 Å². The fraction of sp³-hybridized carbons (Fsp3) is 0.562. The molecule has 1 aromatic carbocycles. The van der Waals surface area contributed by atoms with Crippen molar-refractivity contribution in [2.24, 2.45) is 0 Å². The van der Waals surface area contributed by atoms with E-state index in [0.29, 0.717) is 19.4 Å². The molecule has 1 atom stereocenters. The summed E-state index contributed by atoms with van der Waals surface area (Å²) in [5.41, 5.74) is -0.515. The van der Waals surface area contributed by atoms with Gasteiger partial charge >= 0.3 is 5.97 Å². The van der Waals surface area contributed by atoms with Crippen molar-refractivity contribution in [3.8, 4) is 0 Å². The van der Waals surface area contributed by atoms with Crippen molar-refractivity contribution in [3.63, 3.8) is 0 Å². The highest BCUT2D eigenvalue weighted by Gasteiger charge is 2.42. The molecular formula is C16H21F2NO3. The van der Waals surface area contributed by atoms with Gasteiger partial charge in [0.2, 0.25) is 0 Å². The highest BCUT2D eigenvalue weighted by atomic mass is 19.2. The average Bonchev–Trinajstić information content (AvgIpc) is 2.98. The van der Waals surface area contributed by atoms with Gasteiger partial charge in [0.25, 0.3) is 0 Å². The Balaban J connectivity index is 2.02. The van der Waals surface area contributed by atoms with E-state index >= 15 is 0 Å². The van der Waals surface area contributed by atoms with Crippen LogP contribution >= 0.6 is 0 Å². The number of aliphatic hydroxyl groups excluding tert-OH is 1. The number of hydrogen-bond acceptors (Lipinski definition) is 4. The molecule has 1 fully saturated rings. The maximum Gasteiger partial charge on any atom is 0.326 e. The first-order chi connectivity index (χ1) is 10.5. The Kier molecular flexibility index (Phi) is 5.47. The van der Waals surface area contributed by atoms with Crippen LogP contribution in [0.1, 0.15) is 44.3 Å². The zero-order valence-corrected chi connectivity index (χ0v) is 12.6. The Labute approximate surface area is 128 Å². The molecule has 0 heterocycles. The Morgan fingerprint density at radius 2 is 2.05 bits per heavy atom. The van der Waals surface area contributed by atoms with Crippen molar-refractivity contribution < 1.29 is 23.4 Å². The molecule has 1 aliphatic rings. The Hall–Kier alpha value is -1.53. The first-order valence-corrected chi connectivity index (χ1v) is 7.54. The molecule has 1 aromatic rings. The number of carbonyl (C=O) groups is 1. The summed E-state index contributed by atoms with van der Waals surface area (Å²) in [5.74, 6) is -2.27. The molecule has 2 rings (SSSR count). The van der Waals surface area contributed by atoms with E-state index < -0.39 is 23.3 Å². The number of β-amino-alcohol motifs (C(OH)–C–C–N with tert-alkyl or cyclic N) is 1. The van der Waals surface area contributed by atoms with Crippen LogP contribution in [0.4, 0.5) is 8.78 Å². The first kappa shape index (κ1) is 16.8. The minimum Gasteiger partial charge on any atom is -0.465 e. The summed E-state index contributed by atoms with van der Waals surface area (Å²) in [6.07, 6.45) is 2.09. The summed E-state index contributed by atoms with van der Waals surface area (Å²) in [4.78, 5) is 12.1. The molecule has 0 saturated heterocycles. The van der Waals surface area contributed by atoms with Crippen LogP contribution in [0.3, 0.4) is 0 Å². The van der Waals surface area contributed by atoms with Crippen molar-refractivity contribution >= 4 is 5.97 Å². The maximum atomic E-state index is 13.2. The van der Waals surface area contributed by atoms with Crippen LogP contribution in [0, 0.1) is 11.6 Å². The Morgan fingerprint density at radius 3 is 2.64 bits per heavy atom. The second-order valence-electron chi connectivity index (χ2n) is 5.58. The van der Waals surface area contributed by atoms with E-state index in [2.05, 4.69) is 5.32 Å². The Morgan fingerprint density at radius 1 is 1.36 bits per heavy atom. The number of carbonyl (C=O) groups excluding carboxylic acids is 1. The SMILES string of the molecule is CCOC(=O)C1(NCC(O)c2ccc(F)c(F)c2)CCCC1. The van der Waals surface area contributed by atoms with E-state index in [-0.39, 0.29) is 18.1 Å². The van der Waals surface area contributed by atoms with E-state index in [0.717, 1.165) is 25.0 Å². The smallest absolute Gasteiger partial charge is 0.326 e. The molecule has 122 valence electrons. The van der Waals surface area contributed by atoms with E-state index in [4.69, 9.17) is 4.74 Å². The third-order valence-corrected chi connectivity index (χ3v) is 4.09. The predicted molar refractivity (Wildman–Crippen MR) is 77.2 cm³/mol. The van der Waals surface area contributed by atoms with Crippen molar-refractivity contribution in [1.82, 2.24) is 5.32 Å². The van der Waals surface area contributed by atoms with Gasteiger partial charge < -0.3 is 9.84 Å². The molecule has 0 aromatic heterocycles. The van der Waals surface area contributed by atoms with Gasteiger partial charge in [0.15, 0.2) is 11.6 Å². The first-order valence-electron chi connectivity index (χ1n) is 7.54. The normalized spacial score (nSPS) is 18.2. The minimum atomic E-state index is -1.03. The summed E-state index contributed by atoms with van der Waals surface area (Å²) in [6.45, 7) is 2.12. The Bertz CT molecular complexity index is 530. The molecule has 6 heteroatoms. The highest BCUT2D eigenvalue weighted by Crippen LogP contribution is 2.31. The van der Waals surface area contributed by atoms with E-state index in [1.165, 1.54) is 6.07 Å². The van der Waals surface area contributed by atoms with Gasteiger partial charge in [-0.05, 0) is 37.5 Å². The third-order valence-electron chi connectivity index (χ3n) is 4.09. The van der Waals surface area contributed by atoms with Crippen LogP contribution in [0.5, 0.6) is 0 Å². The zero-order valence-electron chi connectivity index (χ0n) is 12.6. The van der Waals surface area contributed by atoms with Crippen molar-refractivity contribution in [3.05, 3.63) is 35.4 Å². The molecular weight excluding hydrogens is 292 g/mol. The molecule has 0 bridgehead atoms. The maximum absolute atomic E-state index is 13.2. The molecule has 0 amide bonds. The van der Waals surface area contributed by atoms with Gasteiger partial charge in [-0.1, -0.05) is 18.9 Å². The van der Waals surface area contributed by atoms with Crippen LogP contribution in [-0.2, 0) is 9.53 Å². The van der Waals surface area contributed by atoms with Crippen molar-refractivity contribution in [2.45, 2.75) is 44.2 Å². The van der Waals surface area contributed by atoms with Gasteiger partial charge in [-0.25, -0.2) is 8.78 Å². The van der Waals surface area contributed by atoms with Crippen molar-refractivity contribution in [2.75, 3.05) is 13.2 Å². The second-order valence-corrected chi connectivity index (χ2v) is 5.58. The zero-order chi connectivity index (χ0) is 16.2. The number of ether oxygens (including phenoxy) is 1. The minimum absolute atomic E-state index is 0.0733. The lowest BCUT2D eigenvalue weighted by atomic mass is 9.97. The molecule has 4 nitrogen and oxygen atoms in total. The second kappa shape index (κ2) is 7.15. The fourth-order valence-corrected chi connectivity index (χ4v) is 2.83. The molecule has 1 aliphatic carbocycles. The van der Waals surface area contributed by atoms with E-state index in [9.17, 15) is 18.7 Å². The highest BCUT2D eigenvalue weighted by molar-refractivity contribution is 5.81. The standard InChI is InChI=1S/C16H21F2NO3/c1-2-22-15(21)16(7-3-4-8-16)19-10-14(20)11-5-6-12(17)13(18)9-11/h5-6,9,14,19-20H,2-4,7-8,10H2,1H3. The topological polar surface area (TPSA) is 58.6 Å². The molecule has 0 radical (unpaired) electrons. The fourth-order valence-electron chi connectivity index (χ4n) is 2.83. The van der Waals surface area contributed by atoms with Gasteiger partial charge in [-0.3, -0.25) is 10.1 Å². The summed E-state index contributed by atoms with van der Waals surface area (Å²) in [5, 5.41) is 13.2. The lowest BCUT2D eigenvalue weighted by molar-refractivity contribution is -0.151. The predicted octanol–water partition coefficient (Wildman–Crippen LogP) is 2.46.